The first-order valence-corrected chi connectivity index (χ1v) is 10.9. The van der Waals surface area contributed by atoms with Gasteiger partial charge in [0.25, 0.3) is 0 Å². The summed E-state index contributed by atoms with van der Waals surface area (Å²) in [4.78, 5) is 12.0. The highest BCUT2D eigenvalue weighted by Gasteiger charge is 2.37. The lowest BCUT2D eigenvalue weighted by atomic mass is 9.95. The fourth-order valence-corrected chi connectivity index (χ4v) is 4.66. The van der Waals surface area contributed by atoms with E-state index in [1.54, 1.807) is 11.9 Å². The number of hydrogen-bond donors (Lipinski definition) is 2. The van der Waals surface area contributed by atoms with Gasteiger partial charge in [-0.05, 0) is 18.6 Å². The van der Waals surface area contributed by atoms with Gasteiger partial charge in [0, 0.05) is 31.5 Å². The van der Waals surface area contributed by atoms with E-state index in [1.807, 2.05) is 6.26 Å². The lowest BCUT2D eigenvalue weighted by Gasteiger charge is -2.35. The number of halogens is 4. The van der Waals surface area contributed by atoms with Crippen molar-refractivity contribution in [2.75, 3.05) is 31.3 Å². The number of aromatic nitrogens is 3. The van der Waals surface area contributed by atoms with Crippen LogP contribution in [0.4, 0.5) is 23.5 Å². The van der Waals surface area contributed by atoms with Crippen molar-refractivity contribution in [1.82, 2.24) is 19.3 Å². The second-order valence-electron chi connectivity index (χ2n) is 6.78. The highest BCUT2D eigenvalue weighted by Crippen LogP contribution is 2.38. The van der Waals surface area contributed by atoms with E-state index in [4.69, 9.17) is 0 Å². The molecular formula is C17H21F4N5OS2. The van der Waals surface area contributed by atoms with Gasteiger partial charge in [-0.1, -0.05) is 18.9 Å². The van der Waals surface area contributed by atoms with E-state index in [0.29, 0.717) is 0 Å². The Kier molecular flexibility index (Phi) is 6.97. The highest BCUT2D eigenvalue weighted by molar-refractivity contribution is 7.96. The molecule has 1 fully saturated rings. The second kappa shape index (κ2) is 9.11. The molecule has 0 bridgehead atoms. The minimum Gasteiger partial charge on any atom is -0.385 e. The zero-order valence-electron chi connectivity index (χ0n) is 15.8. The summed E-state index contributed by atoms with van der Waals surface area (Å²) in [6, 6.07) is 0.0307. The van der Waals surface area contributed by atoms with Crippen LogP contribution >= 0.6 is 23.3 Å². The summed E-state index contributed by atoms with van der Waals surface area (Å²) >= 11 is 2.44. The summed E-state index contributed by atoms with van der Waals surface area (Å²) in [6.07, 6.45) is -1.37. The number of aliphatic hydroxyl groups is 1. The van der Waals surface area contributed by atoms with Crippen LogP contribution in [0.3, 0.4) is 0 Å². The standard InChI is InChI=1S/C17H21F4N5OS2/c1-9-8-26(28-2)4-3-11(9)24-16-23-6-10(17(19,20)21)14(25-16)15-22-7-13(29-15)12(27)5-18/h6-7,9,11-12,27H,3-5,8H2,1-2H3,(H,23,24,25). The monoisotopic (exact) mass is 451 g/mol. The molecule has 3 rings (SSSR count). The van der Waals surface area contributed by atoms with Crippen LogP contribution in [0.1, 0.15) is 29.9 Å². The maximum Gasteiger partial charge on any atom is 0.420 e. The molecule has 0 amide bonds. The van der Waals surface area contributed by atoms with Crippen LogP contribution in [0.2, 0.25) is 0 Å². The van der Waals surface area contributed by atoms with E-state index in [1.165, 1.54) is 6.20 Å². The van der Waals surface area contributed by atoms with E-state index in [-0.39, 0.29) is 33.5 Å². The number of thiazole rings is 1. The van der Waals surface area contributed by atoms with Crippen molar-refractivity contribution in [3.05, 3.63) is 22.8 Å². The molecule has 0 saturated carbocycles. The van der Waals surface area contributed by atoms with Crippen LogP contribution in [0.15, 0.2) is 12.4 Å². The number of nitrogens with one attached hydrogen (secondary N) is 1. The maximum atomic E-state index is 13.5. The molecule has 0 spiro atoms. The van der Waals surface area contributed by atoms with Gasteiger partial charge >= 0.3 is 6.18 Å². The Morgan fingerprint density at radius 2 is 2.14 bits per heavy atom. The zero-order valence-corrected chi connectivity index (χ0v) is 17.4. The van der Waals surface area contributed by atoms with Crippen molar-refractivity contribution in [2.24, 2.45) is 5.92 Å². The third-order valence-corrected chi connectivity index (χ3v) is 6.69. The Labute approximate surface area is 173 Å². The topological polar surface area (TPSA) is 74.2 Å². The molecule has 2 aromatic heterocycles. The molecule has 29 heavy (non-hydrogen) atoms. The molecule has 160 valence electrons. The number of anilines is 1. The molecule has 3 atom stereocenters. The number of alkyl halides is 4. The molecule has 3 heterocycles. The van der Waals surface area contributed by atoms with Crippen LogP contribution in [0.25, 0.3) is 10.7 Å². The predicted octanol–water partition coefficient (Wildman–Crippen LogP) is 4.02. The van der Waals surface area contributed by atoms with Crippen molar-refractivity contribution >= 4 is 29.2 Å². The van der Waals surface area contributed by atoms with E-state index in [9.17, 15) is 22.7 Å². The molecular weight excluding hydrogens is 430 g/mol. The Bertz CT molecular complexity index is 834. The third-order valence-electron chi connectivity index (χ3n) is 4.74. The molecule has 3 unspecified atom stereocenters. The SMILES string of the molecule is CSN1CCC(Nc2ncc(C(F)(F)F)c(-c3ncc(C(O)CF)s3)n2)C(C)C1. The van der Waals surface area contributed by atoms with Gasteiger partial charge in [0.2, 0.25) is 5.95 Å². The third kappa shape index (κ3) is 5.16. The fourth-order valence-electron chi connectivity index (χ4n) is 3.10. The first-order valence-electron chi connectivity index (χ1n) is 8.92. The van der Waals surface area contributed by atoms with Gasteiger partial charge in [-0.15, -0.1) is 11.3 Å². The van der Waals surface area contributed by atoms with Crippen LogP contribution < -0.4 is 5.32 Å². The average molecular weight is 452 g/mol. The van der Waals surface area contributed by atoms with Gasteiger partial charge in [-0.2, -0.15) is 13.2 Å². The zero-order chi connectivity index (χ0) is 21.2. The number of hydrogen-bond acceptors (Lipinski definition) is 8. The van der Waals surface area contributed by atoms with E-state index in [0.717, 1.165) is 37.0 Å². The van der Waals surface area contributed by atoms with E-state index >= 15 is 0 Å². The van der Waals surface area contributed by atoms with Crippen LogP contribution in [-0.4, -0.2) is 56.4 Å². The van der Waals surface area contributed by atoms with Crippen LogP contribution in [0.5, 0.6) is 0 Å². The van der Waals surface area contributed by atoms with Crippen LogP contribution in [-0.2, 0) is 6.18 Å². The lowest BCUT2D eigenvalue weighted by Crippen LogP contribution is -2.42. The minimum atomic E-state index is -4.67. The summed E-state index contributed by atoms with van der Waals surface area (Å²) in [7, 11) is 0. The molecule has 0 aromatic carbocycles. The van der Waals surface area contributed by atoms with Crippen molar-refractivity contribution in [1.29, 1.82) is 0 Å². The summed E-state index contributed by atoms with van der Waals surface area (Å²) in [6.45, 7) is 2.73. The van der Waals surface area contributed by atoms with Gasteiger partial charge in [0.1, 0.15) is 29.0 Å². The van der Waals surface area contributed by atoms with Gasteiger partial charge < -0.3 is 10.4 Å². The Hall–Kier alpha value is -1.50. The van der Waals surface area contributed by atoms with Gasteiger partial charge in [0.15, 0.2) is 0 Å². The normalized spacial score (nSPS) is 21.9. The number of piperidine rings is 1. The average Bonchev–Trinajstić information content (AvgIpc) is 3.18. The van der Waals surface area contributed by atoms with Gasteiger partial charge in [-0.3, -0.25) is 4.31 Å². The molecule has 0 aliphatic carbocycles. The molecule has 1 aliphatic heterocycles. The number of rotatable bonds is 6. The first kappa shape index (κ1) is 22.2. The molecule has 1 saturated heterocycles. The van der Waals surface area contributed by atoms with E-state index in [2.05, 4.69) is 31.5 Å². The molecule has 2 N–H and O–H groups in total. The Morgan fingerprint density at radius 3 is 2.76 bits per heavy atom. The molecule has 12 heteroatoms. The van der Waals surface area contributed by atoms with Crippen molar-refractivity contribution in [3.8, 4) is 10.7 Å². The van der Waals surface area contributed by atoms with Crippen LogP contribution in [0, 0.1) is 5.92 Å². The summed E-state index contributed by atoms with van der Waals surface area (Å²) in [5.41, 5.74) is -1.41. The summed E-state index contributed by atoms with van der Waals surface area (Å²) in [5.74, 6) is 0.349. The highest BCUT2D eigenvalue weighted by atomic mass is 32.2. The maximum absolute atomic E-state index is 13.5. The predicted molar refractivity (Wildman–Crippen MR) is 105 cm³/mol. The Morgan fingerprint density at radius 1 is 1.38 bits per heavy atom. The van der Waals surface area contributed by atoms with Crippen molar-refractivity contribution in [3.63, 3.8) is 0 Å². The molecule has 1 aliphatic rings. The smallest absolute Gasteiger partial charge is 0.385 e. The first-order chi connectivity index (χ1) is 13.7. The van der Waals surface area contributed by atoms with Gasteiger partial charge in [0.05, 0.1) is 4.88 Å². The quantitative estimate of drug-likeness (QED) is 0.508. The molecule has 2 aromatic rings. The largest absolute Gasteiger partial charge is 0.420 e. The van der Waals surface area contributed by atoms with E-state index < -0.39 is 24.5 Å². The number of nitrogens with zero attached hydrogens (tertiary/aromatic N) is 4. The Balaban J connectivity index is 1.89. The minimum absolute atomic E-state index is 0.0307. The lowest BCUT2D eigenvalue weighted by molar-refractivity contribution is -0.137. The molecule has 6 nitrogen and oxygen atoms in total. The summed E-state index contributed by atoms with van der Waals surface area (Å²) in [5, 5.41) is 12.7. The fraction of sp³-hybridized carbons (Fsp3) is 0.588. The summed E-state index contributed by atoms with van der Waals surface area (Å²) < 4.78 is 55.3. The van der Waals surface area contributed by atoms with Gasteiger partial charge in [-0.25, -0.2) is 19.3 Å². The second-order valence-corrected chi connectivity index (χ2v) is 8.72. The molecule has 0 radical (unpaired) electrons. The van der Waals surface area contributed by atoms with Crippen molar-refractivity contribution < 1.29 is 22.7 Å². The van der Waals surface area contributed by atoms with Crippen molar-refractivity contribution in [2.45, 2.75) is 31.7 Å². The number of aliphatic hydroxyl groups excluding tert-OH is 1.